The molecule has 1 fully saturated rings. The maximum Gasteiger partial charge on any atom is 0.433 e. The standard InChI is InChI=1S/C22H19F4N5O3/c23-16-7-13(1-2-17(16)34-15-3-4-28-18(8-15)22(24,25)26)12-33-19-9-20-30-6-5-27-10-14(30)11-31(20)21(32)29-19/h1-4,7-9,14,27H,5-6,10-12H2. The minimum absolute atomic E-state index is 0.0639. The summed E-state index contributed by atoms with van der Waals surface area (Å²) in [6.45, 7) is 2.85. The van der Waals surface area contributed by atoms with Crippen LogP contribution in [0.5, 0.6) is 17.4 Å². The number of rotatable bonds is 5. The highest BCUT2D eigenvalue weighted by atomic mass is 19.4. The SMILES string of the molecule is O=c1nc(OCc2ccc(Oc3ccnc(C(F)(F)F)c3)c(F)c2)cc2n1CC1CNCCN21. The van der Waals surface area contributed by atoms with E-state index in [0.29, 0.717) is 18.2 Å². The summed E-state index contributed by atoms with van der Waals surface area (Å²) in [5.41, 5.74) is -1.12. The predicted molar refractivity (Wildman–Crippen MR) is 113 cm³/mol. The second kappa shape index (κ2) is 8.60. The van der Waals surface area contributed by atoms with Gasteiger partial charge in [0, 0.05) is 38.0 Å². The lowest BCUT2D eigenvalue weighted by molar-refractivity contribution is -0.141. The first-order chi connectivity index (χ1) is 16.3. The molecule has 2 aliphatic rings. The van der Waals surface area contributed by atoms with Gasteiger partial charge in [0.25, 0.3) is 0 Å². The zero-order valence-corrected chi connectivity index (χ0v) is 17.7. The predicted octanol–water partition coefficient (Wildman–Crippen LogP) is 2.96. The van der Waals surface area contributed by atoms with Crippen LogP contribution in [0.1, 0.15) is 11.3 Å². The van der Waals surface area contributed by atoms with Crippen LogP contribution in [-0.4, -0.2) is 40.2 Å². The Labute approximate surface area is 190 Å². The van der Waals surface area contributed by atoms with Crippen LogP contribution < -0.4 is 25.4 Å². The van der Waals surface area contributed by atoms with Gasteiger partial charge in [-0.05, 0) is 23.8 Å². The number of halogens is 4. The summed E-state index contributed by atoms with van der Waals surface area (Å²) in [7, 11) is 0. The average molecular weight is 477 g/mol. The molecule has 4 heterocycles. The van der Waals surface area contributed by atoms with Gasteiger partial charge in [-0.1, -0.05) is 6.07 Å². The van der Waals surface area contributed by atoms with Gasteiger partial charge >= 0.3 is 11.9 Å². The molecule has 2 aromatic heterocycles. The van der Waals surface area contributed by atoms with Crippen molar-refractivity contribution >= 4 is 5.82 Å². The molecule has 0 spiro atoms. The van der Waals surface area contributed by atoms with E-state index in [2.05, 4.69) is 20.2 Å². The van der Waals surface area contributed by atoms with Crippen LogP contribution in [0.2, 0.25) is 0 Å². The lowest BCUT2D eigenvalue weighted by atomic mass is 10.2. The average Bonchev–Trinajstić information content (AvgIpc) is 3.18. The highest BCUT2D eigenvalue weighted by Gasteiger charge is 2.33. The smallest absolute Gasteiger partial charge is 0.433 e. The van der Waals surface area contributed by atoms with Crippen molar-refractivity contribution in [2.45, 2.75) is 25.4 Å². The molecule has 5 rings (SSSR count). The zero-order valence-electron chi connectivity index (χ0n) is 17.7. The number of nitrogens with zero attached hydrogens (tertiary/aromatic N) is 4. The fourth-order valence-corrected chi connectivity index (χ4v) is 4.02. The fraction of sp³-hybridized carbons (Fsp3) is 0.318. The summed E-state index contributed by atoms with van der Waals surface area (Å²) >= 11 is 0. The van der Waals surface area contributed by atoms with Gasteiger partial charge in [0.2, 0.25) is 5.88 Å². The second-order valence-corrected chi connectivity index (χ2v) is 7.93. The molecule has 34 heavy (non-hydrogen) atoms. The van der Waals surface area contributed by atoms with E-state index in [1.807, 2.05) is 0 Å². The minimum Gasteiger partial charge on any atom is -0.473 e. The number of aromatic nitrogens is 3. The Morgan fingerprint density at radius 2 is 2.03 bits per heavy atom. The molecule has 8 nitrogen and oxygen atoms in total. The molecule has 0 amide bonds. The Bertz CT molecular complexity index is 1280. The van der Waals surface area contributed by atoms with E-state index < -0.39 is 23.4 Å². The van der Waals surface area contributed by atoms with Crippen molar-refractivity contribution in [3.8, 4) is 17.4 Å². The molecule has 0 bridgehead atoms. The van der Waals surface area contributed by atoms with Crippen molar-refractivity contribution in [2.75, 3.05) is 24.5 Å². The first kappa shape index (κ1) is 22.1. The first-order valence-electron chi connectivity index (χ1n) is 10.5. The van der Waals surface area contributed by atoms with Crippen LogP contribution in [0.25, 0.3) is 0 Å². The quantitative estimate of drug-likeness (QED) is 0.566. The monoisotopic (exact) mass is 477 g/mol. The van der Waals surface area contributed by atoms with Crippen molar-refractivity contribution < 1.29 is 27.0 Å². The normalized spacial score (nSPS) is 17.3. The van der Waals surface area contributed by atoms with E-state index in [0.717, 1.165) is 37.7 Å². The second-order valence-electron chi connectivity index (χ2n) is 7.93. The number of anilines is 1. The Kier molecular flexibility index (Phi) is 5.60. The Hall–Kier alpha value is -3.67. The maximum atomic E-state index is 14.5. The lowest BCUT2D eigenvalue weighted by Crippen LogP contribution is -2.49. The molecule has 1 unspecified atom stereocenters. The minimum atomic E-state index is -4.64. The number of fused-ring (bicyclic) bond motifs is 3. The van der Waals surface area contributed by atoms with E-state index >= 15 is 0 Å². The van der Waals surface area contributed by atoms with E-state index in [1.54, 1.807) is 10.6 Å². The summed E-state index contributed by atoms with van der Waals surface area (Å²) in [5, 5.41) is 3.30. The van der Waals surface area contributed by atoms with Crippen molar-refractivity contribution in [2.24, 2.45) is 0 Å². The third-order valence-corrected chi connectivity index (χ3v) is 5.64. The van der Waals surface area contributed by atoms with Gasteiger partial charge in [0.15, 0.2) is 11.6 Å². The third-order valence-electron chi connectivity index (χ3n) is 5.64. The highest BCUT2D eigenvalue weighted by Crippen LogP contribution is 2.32. The number of piperazine rings is 1. The number of nitrogens with one attached hydrogen (secondary N) is 1. The molecule has 178 valence electrons. The largest absolute Gasteiger partial charge is 0.473 e. The van der Waals surface area contributed by atoms with Gasteiger partial charge in [0.1, 0.15) is 23.9 Å². The first-order valence-corrected chi connectivity index (χ1v) is 10.5. The van der Waals surface area contributed by atoms with Gasteiger partial charge in [-0.3, -0.25) is 9.55 Å². The number of ether oxygens (including phenoxy) is 2. The Balaban J connectivity index is 1.28. The zero-order chi connectivity index (χ0) is 23.9. The molecule has 1 saturated heterocycles. The van der Waals surface area contributed by atoms with Crippen molar-refractivity contribution in [3.05, 3.63) is 70.2 Å². The lowest BCUT2D eigenvalue weighted by Gasteiger charge is -2.31. The summed E-state index contributed by atoms with van der Waals surface area (Å²) in [5.74, 6) is -0.349. The van der Waals surface area contributed by atoms with Crippen LogP contribution >= 0.6 is 0 Å². The molecule has 1 N–H and O–H groups in total. The number of pyridine rings is 1. The van der Waals surface area contributed by atoms with Gasteiger partial charge in [-0.2, -0.15) is 18.2 Å². The van der Waals surface area contributed by atoms with Gasteiger partial charge < -0.3 is 19.7 Å². The fourth-order valence-electron chi connectivity index (χ4n) is 4.02. The molecular weight excluding hydrogens is 458 g/mol. The van der Waals surface area contributed by atoms with E-state index in [9.17, 15) is 22.4 Å². The molecule has 1 atom stereocenters. The molecule has 3 aromatic rings. The highest BCUT2D eigenvalue weighted by molar-refractivity contribution is 5.47. The molecular formula is C22H19F4N5O3. The maximum absolute atomic E-state index is 14.5. The molecule has 0 aliphatic carbocycles. The molecule has 0 saturated carbocycles. The molecule has 2 aliphatic heterocycles. The number of hydrogen-bond acceptors (Lipinski definition) is 7. The molecule has 12 heteroatoms. The molecule has 0 radical (unpaired) electrons. The van der Waals surface area contributed by atoms with Crippen molar-refractivity contribution in [3.63, 3.8) is 0 Å². The summed E-state index contributed by atoms with van der Waals surface area (Å²) < 4.78 is 65.4. The summed E-state index contributed by atoms with van der Waals surface area (Å²) in [6, 6.07) is 7.72. The van der Waals surface area contributed by atoms with Crippen LogP contribution in [0.15, 0.2) is 47.4 Å². The molecule has 1 aromatic carbocycles. The van der Waals surface area contributed by atoms with Crippen molar-refractivity contribution in [1.82, 2.24) is 19.9 Å². The Morgan fingerprint density at radius 1 is 1.18 bits per heavy atom. The summed E-state index contributed by atoms with van der Waals surface area (Å²) in [6.07, 6.45) is -3.70. The van der Waals surface area contributed by atoms with E-state index in [1.165, 1.54) is 18.2 Å². The van der Waals surface area contributed by atoms with Gasteiger partial charge in [-0.25, -0.2) is 9.18 Å². The van der Waals surface area contributed by atoms with Crippen LogP contribution in [0.4, 0.5) is 23.4 Å². The number of hydrogen-bond donors (Lipinski definition) is 1. The number of alkyl halides is 3. The summed E-state index contributed by atoms with van der Waals surface area (Å²) in [4.78, 5) is 21.8. The van der Waals surface area contributed by atoms with E-state index in [4.69, 9.17) is 9.47 Å². The van der Waals surface area contributed by atoms with Gasteiger partial charge in [0.05, 0.1) is 12.6 Å². The third kappa shape index (κ3) is 4.40. The van der Waals surface area contributed by atoms with Crippen LogP contribution in [0.3, 0.4) is 0 Å². The van der Waals surface area contributed by atoms with E-state index in [-0.39, 0.29) is 30.0 Å². The van der Waals surface area contributed by atoms with Crippen molar-refractivity contribution in [1.29, 1.82) is 0 Å². The van der Waals surface area contributed by atoms with Crippen LogP contribution in [-0.2, 0) is 19.3 Å². The van der Waals surface area contributed by atoms with Gasteiger partial charge in [-0.15, -0.1) is 0 Å². The topological polar surface area (TPSA) is 81.5 Å². The van der Waals surface area contributed by atoms with Crippen LogP contribution in [0, 0.1) is 5.82 Å². The number of benzene rings is 1. The Morgan fingerprint density at radius 3 is 2.82 bits per heavy atom.